The second-order valence-corrected chi connectivity index (χ2v) is 3.95. The maximum Gasteiger partial charge on any atom is 0.356 e. The van der Waals surface area contributed by atoms with Crippen molar-refractivity contribution in [1.82, 2.24) is 4.98 Å². The highest BCUT2D eigenvalue weighted by Gasteiger charge is 2.12. The lowest BCUT2D eigenvalue weighted by Crippen LogP contribution is -2.16. The van der Waals surface area contributed by atoms with Gasteiger partial charge >= 0.3 is 5.97 Å². The third-order valence-electron chi connectivity index (χ3n) is 2.50. The number of ether oxygens (including phenoxy) is 1. The van der Waals surface area contributed by atoms with Gasteiger partial charge < -0.3 is 10.1 Å². The van der Waals surface area contributed by atoms with Gasteiger partial charge in [0.25, 0.3) is 5.91 Å². The van der Waals surface area contributed by atoms with Crippen LogP contribution in [0, 0.1) is 0 Å². The first-order valence-corrected chi connectivity index (χ1v) is 6.21. The summed E-state index contributed by atoms with van der Waals surface area (Å²) in [6.45, 7) is 1.98. The van der Waals surface area contributed by atoms with E-state index in [-0.39, 0.29) is 23.9 Å². The zero-order valence-electron chi connectivity index (χ0n) is 11.0. The Morgan fingerprint density at radius 3 is 2.45 bits per heavy atom. The van der Waals surface area contributed by atoms with Gasteiger partial charge in [0.2, 0.25) is 0 Å². The number of nitrogens with one attached hydrogen (secondary N) is 1. The molecule has 1 amide bonds. The van der Waals surface area contributed by atoms with Crippen molar-refractivity contribution in [3.8, 4) is 0 Å². The number of hydrogen-bond acceptors (Lipinski definition) is 4. The smallest absolute Gasteiger partial charge is 0.356 e. The van der Waals surface area contributed by atoms with Crippen molar-refractivity contribution < 1.29 is 14.3 Å². The molecule has 0 bridgehead atoms. The van der Waals surface area contributed by atoms with Crippen molar-refractivity contribution in [2.75, 3.05) is 11.9 Å². The predicted octanol–water partition coefficient (Wildman–Crippen LogP) is 2.51. The zero-order chi connectivity index (χ0) is 14.4. The molecule has 0 aliphatic heterocycles. The fourth-order valence-electron chi connectivity index (χ4n) is 1.60. The highest BCUT2D eigenvalue weighted by Crippen LogP contribution is 2.08. The lowest BCUT2D eigenvalue weighted by atomic mass is 10.2. The van der Waals surface area contributed by atoms with Gasteiger partial charge in [0.05, 0.1) is 6.61 Å². The number of rotatable bonds is 4. The molecule has 0 fully saturated rings. The molecule has 102 valence electrons. The molecule has 5 heteroatoms. The van der Waals surface area contributed by atoms with Crippen LogP contribution in [-0.2, 0) is 4.74 Å². The highest BCUT2D eigenvalue weighted by atomic mass is 16.5. The summed E-state index contributed by atoms with van der Waals surface area (Å²) < 4.78 is 4.85. The van der Waals surface area contributed by atoms with Crippen LogP contribution >= 0.6 is 0 Å². The largest absolute Gasteiger partial charge is 0.461 e. The fraction of sp³-hybridized carbons (Fsp3) is 0.133. The Labute approximate surface area is 116 Å². The minimum atomic E-state index is -0.540. The van der Waals surface area contributed by atoms with E-state index in [1.807, 2.05) is 18.2 Å². The van der Waals surface area contributed by atoms with Crippen LogP contribution in [0.3, 0.4) is 0 Å². The van der Waals surface area contributed by atoms with Crippen molar-refractivity contribution in [1.29, 1.82) is 0 Å². The molecule has 0 spiro atoms. The molecule has 0 radical (unpaired) electrons. The average molecular weight is 270 g/mol. The van der Waals surface area contributed by atoms with Gasteiger partial charge in [0.15, 0.2) is 0 Å². The third kappa shape index (κ3) is 3.41. The number of nitrogens with zero attached hydrogens (tertiary/aromatic N) is 1. The van der Waals surface area contributed by atoms with E-state index in [2.05, 4.69) is 10.3 Å². The van der Waals surface area contributed by atoms with Crippen LogP contribution in [0.25, 0.3) is 0 Å². The summed E-state index contributed by atoms with van der Waals surface area (Å²) in [6.07, 6.45) is 0. The van der Waals surface area contributed by atoms with Crippen molar-refractivity contribution in [2.24, 2.45) is 0 Å². The van der Waals surface area contributed by atoms with E-state index in [4.69, 9.17) is 4.74 Å². The molecule has 2 aromatic rings. The zero-order valence-corrected chi connectivity index (χ0v) is 11.0. The quantitative estimate of drug-likeness (QED) is 0.867. The van der Waals surface area contributed by atoms with Crippen LogP contribution in [0.15, 0.2) is 48.5 Å². The molecule has 1 heterocycles. The van der Waals surface area contributed by atoms with Crippen LogP contribution < -0.4 is 5.32 Å². The number of aromatic nitrogens is 1. The summed E-state index contributed by atoms with van der Waals surface area (Å²) in [5.41, 5.74) is 0.952. The summed E-state index contributed by atoms with van der Waals surface area (Å²) >= 11 is 0. The molecule has 0 aliphatic rings. The molecule has 1 aromatic heterocycles. The van der Waals surface area contributed by atoms with Gasteiger partial charge in [-0.1, -0.05) is 24.3 Å². The number of esters is 1. The molecular weight excluding hydrogens is 256 g/mol. The second-order valence-electron chi connectivity index (χ2n) is 3.95. The SMILES string of the molecule is CCOC(=O)c1cccc(C(=O)Nc2ccccc2)n1. The summed E-state index contributed by atoms with van der Waals surface area (Å²) in [4.78, 5) is 27.6. The first kappa shape index (κ1) is 13.7. The van der Waals surface area contributed by atoms with E-state index in [0.717, 1.165) is 0 Å². The van der Waals surface area contributed by atoms with Crippen molar-refractivity contribution >= 4 is 17.6 Å². The number of carbonyl (C=O) groups is 2. The minimum absolute atomic E-state index is 0.118. The number of pyridine rings is 1. The van der Waals surface area contributed by atoms with E-state index in [0.29, 0.717) is 5.69 Å². The second kappa shape index (κ2) is 6.47. The van der Waals surface area contributed by atoms with Gasteiger partial charge in [-0.2, -0.15) is 0 Å². The standard InChI is InChI=1S/C15H14N2O3/c1-2-20-15(19)13-10-6-9-12(17-13)14(18)16-11-7-4-3-5-8-11/h3-10H,2H2,1H3,(H,16,18). The third-order valence-corrected chi connectivity index (χ3v) is 2.50. The minimum Gasteiger partial charge on any atom is -0.461 e. The first-order chi connectivity index (χ1) is 9.70. The van der Waals surface area contributed by atoms with Crippen LogP contribution in [0.4, 0.5) is 5.69 Å². The van der Waals surface area contributed by atoms with Gasteiger partial charge in [0.1, 0.15) is 11.4 Å². The Morgan fingerprint density at radius 2 is 1.75 bits per heavy atom. The Morgan fingerprint density at radius 1 is 1.05 bits per heavy atom. The van der Waals surface area contributed by atoms with E-state index >= 15 is 0 Å². The number of hydrogen-bond donors (Lipinski definition) is 1. The molecule has 5 nitrogen and oxygen atoms in total. The Hall–Kier alpha value is -2.69. The van der Waals surface area contributed by atoms with Gasteiger partial charge in [-0.25, -0.2) is 9.78 Å². The number of benzene rings is 1. The van der Waals surface area contributed by atoms with Gasteiger partial charge in [-0.15, -0.1) is 0 Å². The van der Waals surface area contributed by atoms with E-state index < -0.39 is 5.97 Å². The normalized spacial score (nSPS) is 9.85. The number of amides is 1. The average Bonchev–Trinajstić information content (AvgIpc) is 2.48. The molecular formula is C15H14N2O3. The Balaban J connectivity index is 2.14. The van der Waals surface area contributed by atoms with Crippen LogP contribution in [-0.4, -0.2) is 23.5 Å². The van der Waals surface area contributed by atoms with Crippen LogP contribution in [0.1, 0.15) is 27.9 Å². The fourth-order valence-corrected chi connectivity index (χ4v) is 1.60. The molecule has 0 aliphatic carbocycles. The molecule has 1 aromatic carbocycles. The maximum absolute atomic E-state index is 12.0. The van der Waals surface area contributed by atoms with Crippen molar-refractivity contribution in [3.05, 3.63) is 59.9 Å². The molecule has 0 saturated heterocycles. The van der Waals surface area contributed by atoms with Crippen molar-refractivity contribution in [2.45, 2.75) is 6.92 Å². The molecule has 2 rings (SSSR count). The van der Waals surface area contributed by atoms with E-state index in [9.17, 15) is 9.59 Å². The topological polar surface area (TPSA) is 68.3 Å². The van der Waals surface area contributed by atoms with E-state index in [1.165, 1.54) is 6.07 Å². The summed E-state index contributed by atoms with van der Waals surface area (Å²) in [7, 11) is 0. The molecule has 0 atom stereocenters. The highest BCUT2D eigenvalue weighted by molar-refractivity contribution is 6.03. The monoisotopic (exact) mass is 270 g/mol. The molecule has 20 heavy (non-hydrogen) atoms. The first-order valence-electron chi connectivity index (χ1n) is 6.21. The lowest BCUT2D eigenvalue weighted by Gasteiger charge is -2.06. The van der Waals surface area contributed by atoms with Crippen LogP contribution in [0.2, 0.25) is 0 Å². The molecule has 1 N–H and O–H groups in total. The number of para-hydroxylation sites is 1. The van der Waals surface area contributed by atoms with Crippen LogP contribution in [0.5, 0.6) is 0 Å². The number of anilines is 1. The summed E-state index contributed by atoms with van der Waals surface area (Å²) in [6, 6.07) is 13.7. The maximum atomic E-state index is 12.0. The van der Waals surface area contributed by atoms with Gasteiger partial charge in [0, 0.05) is 5.69 Å². The van der Waals surface area contributed by atoms with Gasteiger partial charge in [-0.05, 0) is 31.2 Å². The predicted molar refractivity (Wildman–Crippen MR) is 74.6 cm³/mol. The molecule has 0 unspecified atom stereocenters. The van der Waals surface area contributed by atoms with Gasteiger partial charge in [-0.3, -0.25) is 4.79 Å². The van der Waals surface area contributed by atoms with Crippen molar-refractivity contribution in [3.63, 3.8) is 0 Å². The van der Waals surface area contributed by atoms with E-state index in [1.54, 1.807) is 31.2 Å². The Bertz CT molecular complexity index is 612. The number of carbonyl (C=O) groups excluding carboxylic acids is 2. The Kier molecular flexibility index (Phi) is 4.44. The molecule has 0 saturated carbocycles. The summed E-state index contributed by atoms with van der Waals surface area (Å²) in [5, 5.41) is 2.70. The lowest BCUT2D eigenvalue weighted by molar-refractivity contribution is 0.0519. The summed E-state index contributed by atoms with van der Waals surface area (Å²) in [5.74, 6) is -0.913.